The Morgan fingerprint density at radius 2 is 1.80 bits per heavy atom. The lowest BCUT2D eigenvalue weighted by atomic mass is 9.94. The molecule has 2 heterocycles. The van der Waals surface area contributed by atoms with Crippen molar-refractivity contribution in [1.29, 1.82) is 0 Å². The first-order chi connectivity index (χ1) is 14.0. The van der Waals surface area contributed by atoms with Crippen LogP contribution in [0.2, 0.25) is 0 Å². The van der Waals surface area contributed by atoms with Gasteiger partial charge in [-0.25, -0.2) is 23.1 Å². The maximum atomic E-state index is 12.8. The van der Waals surface area contributed by atoms with Gasteiger partial charge in [0.15, 0.2) is 0 Å². The van der Waals surface area contributed by atoms with Crippen molar-refractivity contribution < 1.29 is 35.9 Å². The van der Waals surface area contributed by atoms with Crippen LogP contribution >= 0.6 is 0 Å². The highest BCUT2D eigenvalue weighted by molar-refractivity contribution is 7.92. The van der Waals surface area contributed by atoms with Crippen LogP contribution in [0.15, 0.2) is 47.5 Å². The van der Waals surface area contributed by atoms with Crippen LogP contribution in [0, 0.1) is 0 Å². The molecule has 3 rings (SSSR count). The molecule has 1 aliphatic rings. The van der Waals surface area contributed by atoms with Crippen LogP contribution in [-0.2, 0) is 14.6 Å². The van der Waals surface area contributed by atoms with E-state index < -0.39 is 44.1 Å². The summed E-state index contributed by atoms with van der Waals surface area (Å²) in [5.41, 5.74) is -4.84. The summed E-state index contributed by atoms with van der Waals surface area (Å²) >= 11 is 0. The molecule has 12 heteroatoms. The molecule has 30 heavy (non-hydrogen) atoms. The quantitative estimate of drug-likeness (QED) is 0.713. The standard InChI is InChI=1S/C18H16F3N3O5S/c1-10(11-7-8-22-14(9-11)29-2)15-16(25)24(17(26)23-15)12-3-5-13(6-4-12)30(27,28)18(19,20)21/h3-10,15H,1-2H3,(H,23,26). The average molecular weight is 443 g/mol. The van der Waals surface area contributed by atoms with Gasteiger partial charge in [-0.1, -0.05) is 6.92 Å². The molecular formula is C18H16F3N3O5S. The molecule has 1 aromatic heterocycles. The van der Waals surface area contributed by atoms with E-state index in [1.54, 1.807) is 19.1 Å². The molecule has 0 saturated carbocycles. The fourth-order valence-corrected chi connectivity index (χ4v) is 3.76. The number of hydrogen-bond acceptors (Lipinski definition) is 6. The van der Waals surface area contributed by atoms with Crippen molar-refractivity contribution in [3.8, 4) is 5.88 Å². The molecule has 1 aromatic carbocycles. The zero-order valence-corrected chi connectivity index (χ0v) is 16.5. The van der Waals surface area contributed by atoms with E-state index >= 15 is 0 Å². The average Bonchev–Trinajstić information content (AvgIpc) is 3.00. The fourth-order valence-electron chi connectivity index (χ4n) is 3.00. The van der Waals surface area contributed by atoms with Crippen molar-refractivity contribution in [1.82, 2.24) is 10.3 Å². The van der Waals surface area contributed by atoms with E-state index in [4.69, 9.17) is 4.74 Å². The number of benzene rings is 1. The van der Waals surface area contributed by atoms with Crippen LogP contribution in [0.25, 0.3) is 0 Å². The number of methoxy groups -OCH3 is 1. The van der Waals surface area contributed by atoms with Crippen molar-refractivity contribution in [3.63, 3.8) is 0 Å². The smallest absolute Gasteiger partial charge is 0.481 e. The van der Waals surface area contributed by atoms with Gasteiger partial charge in [0.1, 0.15) is 6.04 Å². The summed E-state index contributed by atoms with van der Waals surface area (Å²) < 4.78 is 66.0. The lowest BCUT2D eigenvalue weighted by Gasteiger charge is -2.18. The van der Waals surface area contributed by atoms with Crippen LogP contribution in [0.1, 0.15) is 18.4 Å². The summed E-state index contributed by atoms with van der Waals surface area (Å²) in [7, 11) is -4.10. The summed E-state index contributed by atoms with van der Waals surface area (Å²) in [5, 5.41) is 2.54. The predicted octanol–water partition coefficient (Wildman–Crippen LogP) is 2.61. The number of rotatable bonds is 5. The number of carbonyl (C=O) groups excluding carboxylic acids is 2. The van der Waals surface area contributed by atoms with E-state index in [2.05, 4.69) is 10.3 Å². The number of amides is 3. The van der Waals surface area contributed by atoms with Gasteiger partial charge >= 0.3 is 11.5 Å². The number of carbonyl (C=O) groups is 2. The second-order valence-corrected chi connectivity index (χ2v) is 8.41. The maximum Gasteiger partial charge on any atom is 0.501 e. The normalized spacial score (nSPS) is 18.3. The van der Waals surface area contributed by atoms with Crippen LogP contribution < -0.4 is 15.0 Å². The molecule has 160 valence electrons. The Kier molecular flexibility index (Phi) is 5.46. The zero-order chi connectivity index (χ0) is 22.3. The van der Waals surface area contributed by atoms with Gasteiger partial charge in [-0.3, -0.25) is 4.79 Å². The molecule has 2 unspecified atom stereocenters. The molecular weight excluding hydrogens is 427 g/mol. The molecule has 1 N–H and O–H groups in total. The minimum Gasteiger partial charge on any atom is -0.481 e. The van der Waals surface area contributed by atoms with Crippen molar-refractivity contribution >= 4 is 27.5 Å². The van der Waals surface area contributed by atoms with Gasteiger partial charge in [0.25, 0.3) is 15.7 Å². The van der Waals surface area contributed by atoms with Gasteiger partial charge in [-0.05, 0) is 35.9 Å². The number of nitrogens with zero attached hydrogens (tertiary/aromatic N) is 2. The molecule has 0 bridgehead atoms. The minimum atomic E-state index is -5.53. The lowest BCUT2D eigenvalue weighted by molar-refractivity contribution is -0.118. The largest absolute Gasteiger partial charge is 0.501 e. The molecule has 3 amide bonds. The third-order valence-electron chi connectivity index (χ3n) is 4.67. The zero-order valence-electron chi connectivity index (χ0n) is 15.7. The number of halogens is 3. The van der Waals surface area contributed by atoms with Gasteiger partial charge < -0.3 is 10.1 Å². The number of hydrogen-bond donors (Lipinski definition) is 1. The fraction of sp³-hybridized carbons (Fsp3) is 0.278. The SMILES string of the molecule is COc1cc(C(C)C2NC(=O)N(c3ccc(S(=O)(=O)C(F)(F)F)cc3)C2=O)ccn1. The third-order valence-corrected chi connectivity index (χ3v) is 6.17. The van der Waals surface area contributed by atoms with Gasteiger partial charge in [-0.15, -0.1) is 0 Å². The van der Waals surface area contributed by atoms with E-state index in [1.807, 2.05) is 0 Å². The van der Waals surface area contributed by atoms with E-state index in [1.165, 1.54) is 13.3 Å². The Bertz CT molecular complexity index is 1090. The van der Waals surface area contributed by atoms with Gasteiger partial charge in [0.2, 0.25) is 5.88 Å². The highest BCUT2D eigenvalue weighted by Crippen LogP contribution is 2.33. The number of imide groups is 1. The summed E-state index contributed by atoms with van der Waals surface area (Å²) in [6.07, 6.45) is 1.49. The van der Waals surface area contributed by atoms with Gasteiger partial charge in [0.05, 0.1) is 17.7 Å². The lowest BCUT2D eigenvalue weighted by Crippen LogP contribution is -2.34. The van der Waals surface area contributed by atoms with Crippen molar-refractivity contribution in [2.75, 3.05) is 12.0 Å². The molecule has 2 atom stereocenters. The van der Waals surface area contributed by atoms with Gasteiger partial charge in [-0.2, -0.15) is 13.2 Å². The molecule has 1 saturated heterocycles. The second-order valence-electron chi connectivity index (χ2n) is 6.46. The summed E-state index contributed by atoms with van der Waals surface area (Å²) in [6, 6.07) is 4.90. The molecule has 2 aromatic rings. The number of pyridine rings is 1. The molecule has 0 aliphatic carbocycles. The van der Waals surface area contributed by atoms with Crippen LogP contribution in [0.5, 0.6) is 5.88 Å². The minimum absolute atomic E-state index is 0.0550. The predicted molar refractivity (Wildman–Crippen MR) is 98.7 cm³/mol. The Labute approximate surface area is 169 Å². The van der Waals surface area contributed by atoms with Crippen molar-refractivity contribution in [2.45, 2.75) is 29.3 Å². The van der Waals surface area contributed by atoms with Crippen molar-refractivity contribution in [2.24, 2.45) is 0 Å². The van der Waals surface area contributed by atoms with E-state index in [0.717, 1.165) is 17.0 Å². The molecule has 8 nitrogen and oxygen atoms in total. The number of alkyl halides is 3. The number of urea groups is 1. The Balaban J connectivity index is 1.86. The van der Waals surface area contributed by atoms with Crippen LogP contribution in [-0.4, -0.2) is 44.0 Å². The summed E-state index contributed by atoms with van der Waals surface area (Å²) in [5.74, 6) is -0.766. The third kappa shape index (κ3) is 3.70. The maximum absolute atomic E-state index is 12.8. The highest BCUT2D eigenvalue weighted by Gasteiger charge is 2.47. The first-order valence-electron chi connectivity index (χ1n) is 8.53. The number of ether oxygens (including phenoxy) is 1. The number of anilines is 1. The van der Waals surface area contributed by atoms with E-state index in [0.29, 0.717) is 23.6 Å². The number of nitrogens with one attached hydrogen (secondary N) is 1. The van der Waals surface area contributed by atoms with E-state index in [9.17, 15) is 31.2 Å². The summed E-state index contributed by atoms with van der Waals surface area (Å²) in [4.78, 5) is 28.9. The molecule has 1 fully saturated rings. The van der Waals surface area contributed by atoms with Crippen molar-refractivity contribution in [3.05, 3.63) is 48.2 Å². The topological polar surface area (TPSA) is 106 Å². The highest BCUT2D eigenvalue weighted by atomic mass is 32.2. The Morgan fingerprint density at radius 3 is 2.37 bits per heavy atom. The van der Waals surface area contributed by atoms with E-state index in [-0.39, 0.29) is 5.69 Å². The molecule has 0 radical (unpaired) electrons. The summed E-state index contributed by atoms with van der Waals surface area (Å²) in [6.45, 7) is 1.71. The molecule has 1 aliphatic heterocycles. The number of aromatic nitrogens is 1. The van der Waals surface area contributed by atoms with Gasteiger partial charge in [0, 0.05) is 18.2 Å². The van der Waals surface area contributed by atoms with Crippen LogP contribution in [0.3, 0.4) is 0 Å². The van der Waals surface area contributed by atoms with Crippen LogP contribution in [0.4, 0.5) is 23.7 Å². The Hall–Kier alpha value is -3.15. The first kappa shape index (κ1) is 21.6. The number of sulfone groups is 1. The second kappa shape index (κ2) is 7.59. The monoisotopic (exact) mass is 443 g/mol. The molecule has 0 spiro atoms. The Morgan fingerprint density at radius 1 is 1.17 bits per heavy atom. The first-order valence-corrected chi connectivity index (χ1v) is 10.0.